The number of esters is 1. The molecule has 0 saturated carbocycles. The normalized spacial score (nSPS) is 21.6. The van der Waals surface area contributed by atoms with E-state index in [1.807, 2.05) is 0 Å². The van der Waals surface area contributed by atoms with Crippen LogP contribution < -0.4 is 0 Å². The van der Waals surface area contributed by atoms with Gasteiger partial charge in [0, 0.05) is 29.6 Å². The fourth-order valence-corrected chi connectivity index (χ4v) is 0.739. The van der Waals surface area contributed by atoms with E-state index in [2.05, 4.69) is 4.74 Å². The maximum atomic E-state index is 10.6. The Labute approximate surface area is 81.4 Å². The molecule has 1 fully saturated rings. The monoisotopic (exact) mass is 151 g/mol. The Morgan fingerprint density at radius 3 is 2.70 bits per heavy atom. The van der Waals surface area contributed by atoms with E-state index in [9.17, 15) is 4.79 Å². The van der Waals surface area contributed by atoms with Crippen LogP contribution in [0.1, 0.15) is 12.8 Å². The first-order valence-corrected chi connectivity index (χ1v) is 2.85. The van der Waals surface area contributed by atoms with Crippen LogP contribution >= 0.6 is 0 Å². The molecule has 1 aliphatic rings. The van der Waals surface area contributed by atoms with Gasteiger partial charge in [-0.25, -0.2) is 4.79 Å². The first-order valence-electron chi connectivity index (χ1n) is 2.85. The Balaban J connectivity index is 0.000000810. The van der Waals surface area contributed by atoms with Gasteiger partial charge in [-0.15, -0.1) is 0 Å². The van der Waals surface area contributed by atoms with Crippen LogP contribution in [0.25, 0.3) is 0 Å². The van der Waals surface area contributed by atoms with E-state index in [0.717, 1.165) is 12.7 Å². The van der Waals surface area contributed by atoms with Crippen LogP contribution in [-0.4, -0.2) is 47.2 Å². The second-order valence-electron chi connectivity index (χ2n) is 1.89. The zero-order valence-corrected chi connectivity index (χ0v) is 7.96. The standard InChI is InChI=1S/C6H8O3.Na/c7-4-5-2-1-3-9-6(5)8;/h4,7H,1-3H2;/b5-4+;. The number of aliphatic hydroxyl groups is 1. The summed E-state index contributed by atoms with van der Waals surface area (Å²) in [7, 11) is 0. The van der Waals surface area contributed by atoms with Crippen LogP contribution in [-0.2, 0) is 9.53 Å². The third kappa shape index (κ3) is 2.33. The number of rotatable bonds is 0. The molecular formula is C6H8NaO3. The van der Waals surface area contributed by atoms with Gasteiger partial charge in [0.25, 0.3) is 0 Å². The van der Waals surface area contributed by atoms with Gasteiger partial charge < -0.3 is 9.84 Å². The topological polar surface area (TPSA) is 46.5 Å². The molecule has 1 heterocycles. The molecule has 51 valence electrons. The van der Waals surface area contributed by atoms with Gasteiger partial charge >= 0.3 is 5.97 Å². The molecule has 0 aromatic rings. The summed E-state index contributed by atoms with van der Waals surface area (Å²) in [6.45, 7) is 0.482. The maximum absolute atomic E-state index is 10.6. The van der Waals surface area contributed by atoms with Crippen molar-refractivity contribution in [2.24, 2.45) is 0 Å². The molecule has 1 rings (SSSR count). The Kier molecular flexibility index (Phi) is 4.77. The minimum atomic E-state index is -0.385. The maximum Gasteiger partial charge on any atom is 0.337 e. The molecule has 1 saturated heterocycles. The predicted octanol–water partition coefficient (Wildman–Crippen LogP) is 0.385. The van der Waals surface area contributed by atoms with Crippen LogP contribution in [0.5, 0.6) is 0 Å². The average Bonchev–Trinajstić information content (AvgIpc) is 1.89. The fraction of sp³-hybridized carbons (Fsp3) is 0.500. The average molecular weight is 151 g/mol. The quantitative estimate of drug-likeness (QED) is 0.236. The van der Waals surface area contributed by atoms with E-state index in [0.29, 0.717) is 18.6 Å². The van der Waals surface area contributed by atoms with Crippen LogP contribution in [0.4, 0.5) is 0 Å². The van der Waals surface area contributed by atoms with Crippen molar-refractivity contribution in [2.75, 3.05) is 6.61 Å². The molecule has 1 aliphatic heterocycles. The van der Waals surface area contributed by atoms with E-state index in [4.69, 9.17) is 5.11 Å². The summed E-state index contributed by atoms with van der Waals surface area (Å²) in [6.07, 6.45) is 2.27. The summed E-state index contributed by atoms with van der Waals surface area (Å²) in [5.41, 5.74) is 0.376. The summed E-state index contributed by atoms with van der Waals surface area (Å²) in [5, 5.41) is 8.40. The van der Waals surface area contributed by atoms with Gasteiger partial charge in [0.2, 0.25) is 0 Å². The van der Waals surface area contributed by atoms with Crippen LogP contribution in [0.2, 0.25) is 0 Å². The van der Waals surface area contributed by atoms with Gasteiger partial charge in [-0.1, -0.05) is 0 Å². The summed E-state index contributed by atoms with van der Waals surface area (Å²) in [4.78, 5) is 10.6. The Hall–Kier alpha value is 0.0100. The van der Waals surface area contributed by atoms with E-state index in [1.165, 1.54) is 0 Å². The van der Waals surface area contributed by atoms with Crippen LogP contribution in [0, 0.1) is 0 Å². The molecule has 0 spiro atoms. The zero-order valence-electron chi connectivity index (χ0n) is 5.96. The van der Waals surface area contributed by atoms with Gasteiger partial charge in [0.05, 0.1) is 18.4 Å². The van der Waals surface area contributed by atoms with Crippen molar-refractivity contribution in [3.05, 3.63) is 11.8 Å². The largest absolute Gasteiger partial charge is 0.515 e. The zero-order chi connectivity index (χ0) is 6.69. The first kappa shape index (κ1) is 10.0. The number of hydrogen-bond acceptors (Lipinski definition) is 3. The molecular weight excluding hydrogens is 143 g/mol. The van der Waals surface area contributed by atoms with Crippen molar-refractivity contribution in [1.82, 2.24) is 0 Å². The van der Waals surface area contributed by atoms with Gasteiger partial charge in [0.15, 0.2) is 0 Å². The molecule has 0 amide bonds. The number of carbonyl (C=O) groups is 1. The molecule has 0 aromatic carbocycles. The number of carbonyl (C=O) groups excluding carboxylic acids is 1. The molecule has 0 bridgehead atoms. The van der Waals surface area contributed by atoms with Crippen LogP contribution in [0.3, 0.4) is 0 Å². The van der Waals surface area contributed by atoms with Gasteiger partial charge in [-0.3, -0.25) is 0 Å². The van der Waals surface area contributed by atoms with E-state index < -0.39 is 0 Å². The molecule has 10 heavy (non-hydrogen) atoms. The summed E-state index contributed by atoms with van der Waals surface area (Å²) in [5.74, 6) is -0.385. The summed E-state index contributed by atoms with van der Waals surface area (Å²) < 4.78 is 4.61. The van der Waals surface area contributed by atoms with Crippen molar-refractivity contribution in [1.29, 1.82) is 0 Å². The van der Waals surface area contributed by atoms with Crippen molar-refractivity contribution < 1.29 is 14.6 Å². The second-order valence-corrected chi connectivity index (χ2v) is 1.89. The van der Waals surface area contributed by atoms with Crippen molar-refractivity contribution in [3.8, 4) is 0 Å². The van der Waals surface area contributed by atoms with Crippen molar-refractivity contribution >= 4 is 35.5 Å². The van der Waals surface area contributed by atoms with E-state index in [-0.39, 0.29) is 35.5 Å². The third-order valence-corrected chi connectivity index (χ3v) is 1.24. The predicted molar refractivity (Wildman–Crippen MR) is 36.7 cm³/mol. The van der Waals surface area contributed by atoms with Gasteiger partial charge in [-0.05, 0) is 12.8 Å². The molecule has 1 N–H and O–H groups in total. The third-order valence-electron chi connectivity index (χ3n) is 1.24. The number of cyclic esters (lactones) is 1. The van der Waals surface area contributed by atoms with Gasteiger partial charge in [-0.2, -0.15) is 0 Å². The Morgan fingerprint density at radius 1 is 1.60 bits per heavy atom. The molecule has 0 aromatic heterocycles. The summed E-state index contributed by atoms with van der Waals surface area (Å²) in [6, 6.07) is 0. The van der Waals surface area contributed by atoms with Gasteiger partial charge in [0.1, 0.15) is 0 Å². The van der Waals surface area contributed by atoms with E-state index >= 15 is 0 Å². The van der Waals surface area contributed by atoms with E-state index in [1.54, 1.807) is 0 Å². The molecule has 0 aliphatic carbocycles. The van der Waals surface area contributed by atoms with Crippen molar-refractivity contribution in [2.45, 2.75) is 12.8 Å². The van der Waals surface area contributed by atoms with Crippen LogP contribution in [0.15, 0.2) is 11.8 Å². The smallest absolute Gasteiger partial charge is 0.337 e. The SMILES string of the molecule is O=C1OCCC/C1=C\O.[Na]. The molecule has 0 unspecified atom stereocenters. The minimum Gasteiger partial charge on any atom is -0.515 e. The molecule has 1 radical (unpaired) electrons. The first-order chi connectivity index (χ1) is 4.34. The number of hydrogen-bond donors (Lipinski definition) is 1. The number of aliphatic hydroxyl groups excluding tert-OH is 1. The Morgan fingerprint density at radius 2 is 2.30 bits per heavy atom. The molecule has 0 atom stereocenters. The number of ether oxygens (including phenoxy) is 1. The summed E-state index contributed by atoms with van der Waals surface area (Å²) >= 11 is 0. The molecule has 3 nitrogen and oxygen atoms in total. The Bertz CT molecular complexity index is 153. The minimum absolute atomic E-state index is 0. The second kappa shape index (κ2) is 4.77. The fourth-order valence-electron chi connectivity index (χ4n) is 0.739. The van der Waals surface area contributed by atoms with Crippen molar-refractivity contribution in [3.63, 3.8) is 0 Å². The molecule has 4 heteroatoms.